The van der Waals surface area contributed by atoms with Crippen molar-refractivity contribution in [2.75, 3.05) is 19.0 Å². The van der Waals surface area contributed by atoms with Gasteiger partial charge in [0.15, 0.2) is 11.5 Å². The second kappa shape index (κ2) is 11.2. The van der Waals surface area contributed by atoms with Crippen LogP contribution in [0, 0.1) is 0 Å². The number of nitrogens with one attached hydrogen (secondary N) is 1. The number of amides is 3. The predicted molar refractivity (Wildman–Crippen MR) is 153 cm³/mol. The van der Waals surface area contributed by atoms with Crippen molar-refractivity contribution < 1.29 is 31.7 Å². The third-order valence-corrected chi connectivity index (χ3v) is 8.11. The molecule has 0 spiro atoms. The smallest absolute Gasteiger partial charge is 0.339 e. The van der Waals surface area contributed by atoms with Crippen LogP contribution in [0.15, 0.2) is 101 Å². The molecule has 1 saturated heterocycles. The maximum Gasteiger partial charge on any atom is 0.339 e. The molecular weight excluding hydrogens is 552 g/mol. The maximum absolute atomic E-state index is 13.0. The van der Waals surface area contributed by atoms with Crippen molar-refractivity contribution in [3.63, 3.8) is 0 Å². The Morgan fingerprint density at radius 3 is 2.42 bits per heavy atom. The van der Waals surface area contributed by atoms with E-state index in [4.69, 9.17) is 8.92 Å². The minimum Gasteiger partial charge on any atom is -0.493 e. The van der Waals surface area contributed by atoms with Gasteiger partial charge in [0.1, 0.15) is 11.4 Å². The first-order chi connectivity index (χ1) is 19.2. The van der Waals surface area contributed by atoms with Crippen molar-refractivity contribution in [3.05, 3.63) is 101 Å². The minimum atomic E-state index is -4.09. The zero-order valence-corrected chi connectivity index (χ0v) is 22.7. The van der Waals surface area contributed by atoms with Gasteiger partial charge in [-0.15, -0.1) is 0 Å². The average Bonchev–Trinajstić information content (AvgIpc) is 3.21. The molecule has 1 aliphatic heterocycles. The lowest BCUT2D eigenvalue weighted by Crippen LogP contribution is -2.36. The number of thioether (sulfide) groups is 1. The molecule has 11 heteroatoms. The summed E-state index contributed by atoms with van der Waals surface area (Å²) in [5, 5.41) is 3.98. The highest BCUT2D eigenvalue weighted by atomic mass is 32.2. The second-order valence-electron chi connectivity index (χ2n) is 8.60. The lowest BCUT2D eigenvalue weighted by Gasteiger charge is -2.13. The summed E-state index contributed by atoms with van der Waals surface area (Å²) < 4.78 is 35.8. The SMILES string of the molecule is COc1cc(/C=C2\SC(=O)N(CC(=O)Nc3cccc4ccccc34)C2=O)ccc1OS(=O)(=O)c1ccccc1. The van der Waals surface area contributed by atoms with Crippen molar-refractivity contribution in [2.24, 2.45) is 0 Å². The van der Waals surface area contributed by atoms with Crippen molar-refractivity contribution in [2.45, 2.75) is 4.90 Å². The molecular formula is C29H22N2O7S2. The lowest BCUT2D eigenvalue weighted by molar-refractivity contribution is -0.127. The Labute approximate surface area is 234 Å². The molecule has 0 unspecified atom stereocenters. The molecule has 1 heterocycles. The van der Waals surface area contributed by atoms with Crippen molar-refractivity contribution >= 4 is 61.5 Å². The molecule has 4 aromatic carbocycles. The van der Waals surface area contributed by atoms with Crippen LogP contribution in [0.3, 0.4) is 0 Å². The van der Waals surface area contributed by atoms with Gasteiger partial charge < -0.3 is 14.2 Å². The van der Waals surface area contributed by atoms with E-state index in [1.807, 2.05) is 36.4 Å². The van der Waals surface area contributed by atoms with E-state index in [9.17, 15) is 22.8 Å². The van der Waals surface area contributed by atoms with E-state index in [2.05, 4.69) is 5.32 Å². The van der Waals surface area contributed by atoms with Gasteiger partial charge in [-0.3, -0.25) is 19.3 Å². The van der Waals surface area contributed by atoms with E-state index < -0.39 is 33.7 Å². The molecule has 5 rings (SSSR count). The number of hydrogen-bond acceptors (Lipinski definition) is 8. The number of fused-ring (bicyclic) bond motifs is 1. The summed E-state index contributed by atoms with van der Waals surface area (Å²) in [6.45, 7) is -0.446. The Morgan fingerprint density at radius 2 is 1.65 bits per heavy atom. The number of rotatable bonds is 8. The van der Waals surface area contributed by atoms with E-state index in [1.54, 1.807) is 24.3 Å². The van der Waals surface area contributed by atoms with Crippen molar-refractivity contribution in [3.8, 4) is 11.5 Å². The topological polar surface area (TPSA) is 119 Å². The summed E-state index contributed by atoms with van der Waals surface area (Å²) in [6.07, 6.45) is 1.46. The van der Waals surface area contributed by atoms with E-state index in [0.29, 0.717) is 23.0 Å². The molecule has 0 aromatic heterocycles. The van der Waals surface area contributed by atoms with E-state index in [0.717, 1.165) is 15.7 Å². The van der Waals surface area contributed by atoms with Crippen LogP contribution in [-0.2, 0) is 19.7 Å². The van der Waals surface area contributed by atoms with Gasteiger partial charge in [-0.1, -0.05) is 60.7 Å². The van der Waals surface area contributed by atoms with Crippen LogP contribution in [0.2, 0.25) is 0 Å². The first kappa shape index (κ1) is 27.0. The van der Waals surface area contributed by atoms with Crippen LogP contribution in [0.1, 0.15) is 5.56 Å². The van der Waals surface area contributed by atoms with Gasteiger partial charge in [-0.05, 0) is 59.1 Å². The Hall–Kier alpha value is -4.61. The molecule has 1 fully saturated rings. The summed E-state index contributed by atoms with van der Waals surface area (Å²) in [7, 11) is -2.74. The number of anilines is 1. The van der Waals surface area contributed by atoms with Crippen LogP contribution < -0.4 is 14.2 Å². The minimum absolute atomic E-state index is 0.0145. The van der Waals surface area contributed by atoms with Gasteiger partial charge in [0, 0.05) is 11.1 Å². The fourth-order valence-corrected chi connectivity index (χ4v) is 5.85. The van der Waals surface area contributed by atoms with Crippen molar-refractivity contribution in [1.82, 2.24) is 4.90 Å². The van der Waals surface area contributed by atoms with Crippen LogP contribution >= 0.6 is 11.8 Å². The molecule has 0 saturated carbocycles. The van der Waals surface area contributed by atoms with Crippen LogP contribution in [0.5, 0.6) is 11.5 Å². The highest BCUT2D eigenvalue weighted by Crippen LogP contribution is 2.35. The fraction of sp³-hybridized carbons (Fsp3) is 0.0690. The zero-order valence-electron chi connectivity index (χ0n) is 21.1. The average molecular weight is 575 g/mol. The third kappa shape index (κ3) is 5.70. The summed E-state index contributed by atoms with van der Waals surface area (Å²) in [5.74, 6) is -1.06. The first-order valence-electron chi connectivity index (χ1n) is 12.0. The van der Waals surface area contributed by atoms with Crippen LogP contribution in [0.4, 0.5) is 10.5 Å². The van der Waals surface area contributed by atoms with Gasteiger partial charge in [0.05, 0.1) is 12.0 Å². The van der Waals surface area contributed by atoms with Crippen LogP contribution in [0.25, 0.3) is 16.8 Å². The first-order valence-corrected chi connectivity index (χ1v) is 14.2. The van der Waals surface area contributed by atoms with Crippen LogP contribution in [-0.4, -0.2) is 44.0 Å². The molecule has 0 aliphatic carbocycles. The number of nitrogens with zero attached hydrogens (tertiary/aromatic N) is 1. The largest absolute Gasteiger partial charge is 0.493 e. The molecule has 0 bridgehead atoms. The zero-order chi connectivity index (χ0) is 28.3. The molecule has 0 atom stereocenters. The predicted octanol–water partition coefficient (Wildman–Crippen LogP) is 5.29. The molecule has 202 valence electrons. The molecule has 40 heavy (non-hydrogen) atoms. The molecule has 0 radical (unpaired) electrons. The summed E-state index contributed by atoms with van der Waals surface area (Å²) in [5.41, 5.74) is 1.04. The highest BCUT2D eigenvalue weighted by molar-refractivity contribution is 8.18. The van der Waals surface area contributed by atoms with Gasteiger partial charge in [-0.25, -0.2) is 0 Å². The summed E-state index contributed by atoms with van der Waals surface area (Å²) in [6, 6.07) is 25.1. The number of benzene rings is 4. The quantitative estimate of drug-likeness (QED) is 0.223. The second-order valence-corrected chi connectivity index (χ2v) is 11.1. The van der Waals surface area contributed by atoms with E-state index in [1.165, 1.54) is 43.5 Å². The maximum atomic E-state index is 13.0. The molecule has 9 nitrogen and oxygen atoms in total. The number of carbonyl (C=O) groups excluding carboxylic acids is 3. The monoisotopic (exact) mass is 574 g/mol. The highest BCUT2D eigenvalue weighted by Gasteiger charge is 2.36. The normalized spacial score (nSPS) is 14.5. The third-order valence-electron chi connectivity index (χ3n) is 5.96. The van der Waals surface area contributed by atoms with Gasteiger partial charge >= 0.3 is 10.1 Å². The Morgan fingerprint density at radius 1 is 0.925 bits per heavy atom. The Bertz CT molecular complexity index is 1760. The number of hydrogen-bond donors (Lipinski definition) is 1. The lowest BCUT2D eigenvalue weighted by atomic mass is 10.1. The number of carbonyl (C=O) groups is 3. The van der Waals surface area contributed by atoms with Gasteiger partial charge in [0.2, 0.25) is 5.91 Å². The molecule has 4 aromatic rings. The van der Waals surface area contributed by atoms with Gasteiger partial charge in [0.25, 0.3) is 11.1 Å². The molecule has 1 aliphatic rings. The Balaban J connectivity index is 1.30. The molecule has 3 amide bonds. The standard InChI is InChI=1S/C29H22N2O7S2/c1-37-25-16-19(14-15-24(25)38-40(35,36)21-10-3-2-4-11-21)17-26-28(33)31(29(34)39-26)18-27(32)30-23-13-7-9-20-8-5-6-12-22(20)23/h2-17H,18H2,1H3,(H,30,32)/b26-17-. The van der Waals surface area contributed by atoms with E-state index in [-0.39, 0.29) is 21.3 Å². The Kier molecular flexibility index (Phi) is 7.58. The van der Waals surface area contributed by atoms with Gasteiger partial charge in [-0.2, -0.15) is 8.42 Å². The van der Waals surface area contributed by atoms with Crippen molar-refractivity contribution in [1.29, 1.82) is 0 Å². The number of imide groups is 1. The summed E-state index contributed by atoms with van der Waals surface area (Å²) >= 11 is 0.703. The number of methoxy groups -OCH3 is 1. The molecule has 1 N–H and O–H groups in total. The fourth-order valence-electron chi connectivity index (χ4n) is 4.05. The number of ether oxygens (including phenoxy) is 1. The van der Waals surface area contributed by atoms with E-state index >= 15 is 0 Å². The summed E-state index contributed by atoms with van der Waals surface area (Å²) in [4.78, 5) is 39.3.